The first-order valence-electron chi connectivity index (χ1n) is 7.69. The van der Waals surface area contributed by atoms with Gasteiger partial charge in [-0.25, -0.2) is 4.39 Å². The van der Waals surface area contributed by atoms with E-state index in [0.29, 0.717) is 16.6 Å². The van der Waals surface area contributed by atoms with Crippen molar-refractivity contribution in [1.82, 2.24) is 5.32 Å². The predicted molar refractivity (Wildman–Crippen MR) is 91.5 cm³/mol. The zero-order valence-corrected chi connectivity index (χ0v) is 15.2. The van der Waals surface area contributed by atoms with E-state index in [1.165, 1.54) is 0 Å². The molecule has 0 aromatic heterocycles. The van der Waals surface area contributed by atoms with E-state index in [9.17, 15) is 4.39 Å². The minimum atomic E-state index is -0.184. The second-order valence-electron chi connectivity index (χ2n) is 7.09. The van der Waals surface area contributed by atoms with Crippen LogP contribution in [0.25, 0.3) is 0 Å². The molecule has 0 spiro atoms. The third-order valence-electron chi connectivity index (χ3n) is 4.48. The highest BCUT2D eigenvalue weighted by Crippen LogP contribution is 2.32. The van der Waals surface area contributed by atoms with Gasteiger partial charge in [0, 0.05) is 30.9 Å². The Morgan fingerprint density at radius 3 is 2.62 bits per heavy atom. The van der Waals surface area contributed by atoms with Crippen LogP contribution in [-0.2, 0) is 0 Å². The number of benzene rings is 1. The molecule has 0 aliphatic carbocycles. The minimum absolute atomic E-state index is 0.184. The maximum Gasteiger partial charge on any atom is 0.139 e. The molecular weight excluding hydrogens is 331 g/mol. The van der Waals surface area contributed by atoms with Crippen LogP contribution in [0.2, 0.25) is 0 Å². The summed E-state index contributed by atoms with van der Waals surface area (Å²) in [5, 5.41) is 3.66. The van der Waals surface area contributed by atoms with Gasteiger partial charge >= 0.3 is 0 Å². The highest BCUT2D eigenvalue weighted by molar-refractivity contribution is 9.10. The zero-order chi connectivity index (χ0) is 15.8. The minimum Gasteiger partial charge on any atom is -0.365 e. The topological polar surface area (TPSA) is 15.3 Å². The van der Waals surface area contributed by atoms with Crippen LogP contribution in [0.5, 0.6) is 0 Å². The standard InChI is InChI=1S/C17H26BrFN2/c1-6-12-9-20-16(17(3,4)5)10-21(12)15-8-14(19)13(18)7-11(15)2/h7-8,12,16,20H,6,9-10H2,1-5H3. The molecule has 1 aliphatic rings. The number of anilines is 1. The lowest BCUT2D eigenvalue weighted by Gasteiger charge is -2.46. The lowest BCUT2D eigenvalue weighted by molar-refractivity contribution is 0.233. The average molecular weight is 357 g/mol. The van der Waals surface area contributed by atoms with Crippen molar-refractivity contribution in [3.63, 3.8) is 0 Å². The van der Waals surface area contributed by atoms with Crippen molar-refractivity contribution < 1.29 is 4.39 Å². The Bertz CT molecular complexity index is 510. The summed E-state index contributed by atoms with van der Waals surface area (Å²) in [4.78, 5) is 2.39. The summed E-state index contributed by atoms with van der Waals surface area (Å²) < 4.78 is 14.5. The largest absolute Gasteiger partial charge is 0.365 e. The summed E-state index contributed by atoms with van der Waals surface area (Å²) in [6, 6.07) is 4.38. The van der Waals surface area contributed by atoms with Gasteiger partial charge in [0.25, 0.3) is 0 Å². The fourth-order valence-corrected chi connectivity index (χ4v) is 3.44. The predicted octanol–water partition coefficient (Wildman–Crippen LogP) is 4.50. The SMILES string of the molecule is CCC1CNC(C(C)(C)C)CN1c1cc(F)c(Br)cc1C. The molecular formula is C17H26BrFN2. The van der Waals surface area contributed by atoms with Gasteiger partial charge in [-0.3, -0.25) is 0 Å². The number of rotatable bonds is 2. The summed E-state index contributed by atoms with van der Waals surface area (Å²) in [5.74, 6) is -0.184. The van der Waals surface area contributed by atoms with Gasteiger partial charge in [0.2, 0.25) is 0 Å². The Labute approximate surface area is 136 Å². The number of piperazine rings is 1. The molecule has 2 atom stereocenters. The van der Waals surface area contributed by atoms with Crippen LogP contribution < -0.4 is 10.2 Å². The normalized spacial score (nSPS) is 23.5. The van der Waals surface area contributed by atoms with Crippen molar-refractivity contribution in [3.8, 4) is 0 Å². The van der Waals surface area contributed by atoms with Crippen LogP contribution in [0.1, 0.15) is 39.7 Å². The van der Waals surface area contributed by atoms with Crippen molar-refractivity contribution in [3.05, 3.63) is 28.0 Å². The second kappa shape index (κ2) is 6.25. The molecule has 1 saturated heterocycles. The van der Waals surface area contributed by atoms with Crippen LogP contribution in [0, 0.1) is 18.2 Å². The quantitative estimate of drug-likeness (QED) is 0.838. The number of hydrogen-bond acceptors (Lipinski definition) is 2. The molecule has 1 aromatic rings. The molecule has 1 aromatic carbocycles. The van der Waals surface area contributed by atoms with Crippen molar-refractivity contribution in [2.75, 3.05) is 18.0 Å². The molecule has 4 heteroatoms. The first-order valence-corrected chi connectivity index (χ1v) is 8.49. The maximum absolute atomic E-state index is 14.0. The summed E-state index contributed by atoms with van der Waals surface area (Å²) in [6.07, 6.45) is 1.06. The van der Waals surface area contributed by atoms with Crippen molar-refractivity contribution in [2.45, 2.75) is 53.1 Å². The number of halogens is 2. The van der Waals surface area contributed by atoms with Gasteiger partial charge in [0.05, 0.1) is 4.47 Å². The molecule has 118 valence electrons. The molecule has 2 unspecified atom stereocenters. The molecule has 1 heterocycles. The summed E-state index contributed by atoms with van der Waals surface area (Å²) in [6.45, 7) is 12.9. The Morgan fingerprint density at radius 1 is 1.38 bits per heavy atom. The Hall–Kier alpha value is -0.610. The van der Waals surface area contributed by atoms with Gasteiger partial charge in [0.1, 0.15) is 5.82 Å². The van der Waals surface area contributed by atoms with Crippen molar-refractivity contribution in [1.29, 1.82) is 0 Å². The fraction of sp³-hybridized carbons (Fsp3) is 0.647. The van der Waals surface area contributed by atoms with Crippen LogP contribution in [0.4, 0.5) is 10.1 Å². The lowest BCUT2D eigenvalue weighted by Crippen LogP contribution is -2.60. The lowest BCUT2D eigenvalue weighted by atomic mass is 9.84. The fourth-order valence-electron chi connectivity index (χ4n) is 2.98. The smallest absolute Gasteiger partial charge is 0.139 e. The average Bonchev–Trinajstić information content (AvgIpc) is 2.41. The zero-order valence-electron chi connectivity index (χ0n) is 13.6. The van der Waals surface area contributed by atoms with Crippen LogP contribution in [0.15, 0.2) is 16.6 Å². The van der Waals surface area contributed by atoms with Gasteiger partial charge in [-0.05, 0) is 52.4 Å². The summed E-state index contributed by atoms with van der Waals surface area (Å²) >= 11 is 3.27. The third kappa shape index (κ3) is 3.59. The van der Waals surface area contributed by atoms with Crippen LogP contribution in [-0.4, -0.2) is 25.2 Å². The van der Waals surface area contributed by atoms with E-state index in [4.69, 9.17) is 0 Å². The van der Waals surface area contributed by atoms with E-state index >= 15 is 0 Å². The highest BCUT2D eigenvalue weighted by atomic mass is 79.9. The molecule has 2 nitrogen and oxygen atoms in total. The van der Waals surface area contributed by atoms with E-state index in [0.717, 1.165) is 30.8 Å². The summed E-state index contributed by atoms with van der Waals surface area (Å²) in [5.41, 5.74) is 2.34. The molecule has 1 aliphatic heterocycles. The van der Waals surface area contributed by atoms with E-state index in [2.05, 4.69) is 60.8 Å². The van der Waals surface area contributed by atoms with Gasteiger partial charge < -0.3 is 10.2 Å². The van der Waals surface area contributed by atoms with Gasteiger partial charge in [-0.15, -0.1) is 0 Å². The number of nitrogens with one attached hydrogen (secondary N) is 1. The van der Waals surface area contributed by atoms with Crippen molar-refractivity contribution in [2.24, 2.45) is 5.41 Å². The van der Waals surface area contributed by atoms with Gasteiger partial charge in [-0.2, -0.15) is 0 Å². The van der Waals surface area contributed by atoms with E-state index in [1.807, 2.05) is 6.07 Å². The molecule has 1 fully saturated rings. The molecule has 0 amide bonds. The number of hydrogen-bond donors (Lipinski definition) is 1. The molecule has 0 bridgehead atoms. The first-order chi connectivity index (χ1) is 9.74. The van der Waals surface area contributed by atoms with Crippen LogP contribution in [0.3, 0.4) is 0 Å². The first kappa shape index (κ1) is 16.8. The summed E-state index contributed by atoms with van der Waals surface area (Å²) in [7, 11) is 0. The monoisotopic (exact) mass is 356 g/mol. The molecule has 0 radical (unpaired) electrons. The Morgan fingerprint density at radius 2 is 2.05 bits per heavy atom. The van der Waals surface area contributed by atoms with E-state index in [-0.39, 0.29) is 11.2 Å². The second-order valence-corrected chi connectivity index (χ2v) is 7.95. The molecule has 2 rings (SSSR count). The van der Waals surface area contributed by atoms with Crippen molar-refractivity contribution >= 4 is 21.6 Å². The molecule has 21 heavy (non-hydrogen) atoms. The van der Waals surface area contributed by atoms with E-state index < -0.39 is 0 Å². The Kier molecular flexibility index (Phi) is 4.99. The highest BCUT2D eigenvalue weighted by Gasteiger charge is 2.34. The number of nitrogens with zero attached hydrogens (tertiary/aromatic N) is 1. The third-order valence-corrected chi connectivity index (χ3v) is 5.09. The van der Waals surface area contributed by atoms with Gasteiger partial charge in [-0.1, -0.05) is 27.7 Å². The number of aryl methyl sites for hydroxylation is 1. The van der Waals surface area contributed by atoms with E-state index in [1.54, 1.807) is 6.07 Å². The molecule has 0 saturated carbocycles. The van der Waals surface area contributed by atoms with Gasteiger partial charge in [0.15, 0.2) is 0 Å². The Balaban J connectivity index is 2.36. The van der Waals surface area contributed by atoms with Crippen LogP contribution >= 0.6 is 15.9 Å². The maximum atomic E-state index is 14.0. The molecule has 1 N–H and O–H groups in total.